The summed E-state index contributed by atoms with van der Waals surface area (Å²) in [4.78, 5) is 0. The van der Waals surface area contributed by atoms with Crippen molar-refractivity contribution >= 4 is 0 Å². The van der Waals surface area contributed by atoms with Gasteiger partial charge in [-0.05, 0) is 51.9 Å². The minimum absolute atomic E-state index is 0.107. The molecule has 156 valence electrons. The van der Waals surface area contributed by atoms with Gasteiger partial charge in [-0.2, -0.15) is 13.2 Å². The zero-order valence-electron chi connectivity index (χ0n) is 17.0. The second kappa shape index (κ2) is 11.1. The number of allylic oxidation sites excluding steroid dienone is 4. The van der Waals surface area contributed by atoms with E-state index in [1.54, 1.807) is 6.08 Å². The van der Waals surface area contributed by atoms with Crippen molar-refractivity contribution in [1.82, 2.24) is 0 Å². The maximum atomic E-state index is 13.2. The Bertz CT molecular complexity index is 532. The van der Waals surface area contributed by atoms with Crippen LogP contribution in [0.25, 0.3) is 0 Å². The molecule has 4 atom stereocenters. The quantitative estimate of drug-likeness (QED) is 0.478. The lowest BCUT2D eigenvalue weighted by atomic mass is 9.76. The molecule has 0 aromatic heterocycles. The SMILES string of the molecule is C/C(=C\CC1C(O)C=CC(O)C1C(F)(F)F)CC/C=C(\C)CCCC(C)C. The third-order valence-corrected chi connectivity index (χ3v) is 5.27. The standard InChI is InChI=1S/C22H35F3O2/c1-15(2)7-5-8-16(3)9-6-10-17(4)11-12-18-19(26)13-14-20(27)21(18)22(23,24)25/h9,11,13-15,18-21,26-27H,5-8,10,12H2,1-4H3/b16-9+,17-11+. The van der Waals surface area contributed by atoms with E-state index >= 15 is 0 Å². The monoisotopic (exact) mass is 388 g/mol. The Morgan fingerprint density at radius 3 is 2.19 bits per heavy atom. The first-order chi connectivity index (χ1) is 12.5. The van der Waals surface area contributed by atoms with E-state index in [0.717, 1.165) is 30.9 Å². The second-order valence-electron chi connectivity index (χ2n) is 8.26. The molecular formula is C22H35F3O2. The Balaban J connectivity index is 2.55. The summed E-state index contributed by atoms with van der Waals surface area (Å²) >= 11 is 0. The maximum absolute atomic E-state index is 13.2. The molecule has 1 aliphatic carbocycles. The summed E-state index contributed by atoms with van der Waals surface area (Å²) < 4.78 is 39.7. The molecule has 0 amide bonds. The lowest BCUT2D eigenvalue weighted by Gasteiger charge is -2.36. The zero-order valence-corrected chi connectivity index (χ0v) is 17.0. The average Bonchev–Trinajstić information content (AvgIpc) is 2.54. The van der Waals surface area contributed by atoms with Crippen LogP contribution in [0, 0.1) is 17.8 Å². The van der Waals surface area contributed by atoms with Crippen molar-refractivity contribution in [3.05, 3.63) is 35.5 Å². The molecular weight excluding hydrogens is 353 g/mol. The Morgan fingerprint density at radius 2 is 1.59 bits per heavy atom. The Kier molecular flexibility index (Phi) is 9.82. The molecule has 1 rings (SSSR count). The number of rotatable bonds is 9. The van der Waals surface area contributed by atoms with Gasteiger partial charge in [-0.3, -0.25) is 0 Å². The van der Waals surface area contributed by atoms with Gasteiger partial charge in [0, 0.05) is 5.92 Å². The van der Waals surface area contributed by atoms with E-state index in [4.69, 9.17) is 0 Å². The molecule has 0 heterocycles. The third kappa shape index (κ3) is 8.65. The van der Waals surface area contributed by atoms with Crippen LogP contribution in [0.5, 0.6) is 0 Å². The molecule has 0 aliphatic heterocycles. The first kappa shape index (κ1) is 24.0. The molecule has 2 N–H and O–H groups in total. The predicted molar refractivity (Wildman–Crippen MR) is 104 cm³/mol. The Morgan fingerprint density at radius 1 is 1.00 bits per heavy atom. The fraction of sp³-hybridized carbons (Fsp3) is 0.727. The fourth-order valence-electron chi connectivity index (χ4n) is 3.55. The lowest BCUT2D eigenvalue weighted by molar-refractivity contribution is -0.218. The largest absolute Gasteiger partial charge is 0.394 e. The number of aliphatic hydroxyl groups is 2. The normalized spacial score (nSPS) is 27.5. The number of aliphatic hydroxyl groups excluding tert-OH is 2. The van der Waals surface area contributed by atoms with E-state index in [9.17, 15) is 23.4 Å². The van der Waals surface area contributed by atoms with Crippen LogP contribution in [0.4, 0.5) is 13.2 Å². The van der Waals surface area contributed by atoms with Crippen molar-refractivity contribution in [1.29, 1.82) is 0 Å². The summed E-state index contributed by atoms with van der Waals surface area (Å²) in [7, 11) is 0. The molecule has 0 saturated heterocycles. The number of hydrogen-bond acceptors (Lipinski definition) is 2. The van der Waals surface area contributed by atoms with E-state index < -0.39 is 30.2 Å². The van der Waals surface area contributed by atoms with Crippen LogP contribution in [0.15, 0.2) is 35.5 Å². The summed E-state index contributed by atoms with van der Waals surface area (Å²) in [6, 6.07) is 0. The predicted octanol–water partition coefficient (Wildman–Crippen LogP) is 5.96. The van der Waals surface area contributed by atoms with Crippen LogP contribution in [0.3, 0.4) is 0 Å². The molecule has 2 nitrogen and oxygen atoms in total. The van der Waals surface area contributed by atoms with Crippen molar-refractivity contribution in [2.24, 2.45) is 17.8 Å². The zero-order chi connectivity index (χ0) is 20.6. The first-order valence-corrected chi connectivity index (χ1v) is 9.94. The van der Waals surface area contributed by atoms with Gasteiger partial charge in [-0.1, -0.05) is 55.7 Å². The topological polar surface area (TPSA) is 40.5 Å². The smallest absolute Gasteiger partial charge is 0.389 e. The fourth-order valence-corrected chi connectivity index (χ4v) is 3.55. The van der Waals surface area contributed by atoms with E-state index in [2.05, 4.69) is 26.8 Å². The molecule has 0 saturated carbocycles. The van der Waals surface area contributed by atoms with Gasteiger partial charge in [-0.15, -0.1) is 0 Å². The summed E-state index contributed by atoms with van der Waals surface area (Å²) in [5.74, 6) is -2.26. The minimum atomic E-state index is -4.53. The number of hydrogen-bond donors (Lipinski definition) is 2. The van der Waals surface area contributed by atoms with Crippen LogP contribution >= 0.6 is 0 Å². The van der Waals surface area contributed by atoms with Gasteiger partial charge in [0.2, 0.25) is 0 Å². The van der Waals surface area contributed by atoms with Gasteiger partial charge in [-0.25, -0.2) is 0 Å². The summed E-state index contributed by atoms with van der Waals surface area (Å²) in [6.45, 7) is 8.47. The van der Waals surface area contributed by atoms with E-state index in [1.807, 2.05) is 6.92 Å². The van der Waals surface area contributed by atoms with Gasteiger partial charge in [0.15, 0.2) is 0 Å². The lowest BCUT2D eigenvalue weighted by Crippen LogP contribution is -2.45. The van der Waals surface area contributed by atoms with Crippen LogP contribution < -0.4 is 0 Å². The third-order valence-electron chi connectivity index (χ3n) is 5.27. The highest BCUT2D eigenvalue weighted by Crippen LogP contribution is 2.41. The van der Waals surface area contributed by atoms with E-state index in [0.29, 0.717) is 5.92 Å². The summed E-state index contributed by atoms with van der Waals surface area (Å²) in [5.41, 5.74) is 2.37. The van der Waals surface area contributed by atoms with Gasteiger partial charge >= 0.3 is 6.18 Å². The molecule has 0 bridgehead atoms. The number of halogens is 3. The van der Waals surface area contributed by atoms with Crippen LogP contribution in [0.2, 0.25) is 0 Å². The summed E-state index contributed by atoms with van der Waals surface area (Å²) in [6.07, 6.45) is 4.24. The molecule has 1 aliphatic rings. The van der Waals surface area contributed by atoms with Crippen molar-refractivity contribution in [2.75, 3.05) is 0 Å². The minimum Gasteiger partial charge on any atom is -0.389 e. The molecule has 0 aromatic rings. The molecule has 0 radical (unpaired) electrons. The van der Waals surface area contributed by atoms with Gasteiger partial charge in [0.1, 0.15) is 0 Å². The van der Waals surface area contributed by atoms with Gasteiger partial charge in [0.05, 0.1) is 18.1 Å². The van der Waals surface area contributed by atoms with Crippen molar-refractivity contribution in [3.63, 3.8) is 0 Å². The first-order valence-electron chi connectivity index (χ1n) is 9.94. The molecule has 4 unspecified atom stereocenters. The molecule has 27 heavy (non-hydrogen) atoms. The Hall–Kier alpha value is -1.07. The number of alkyl halides is 3. The summed E-state index contributed by atoms with van der Waals surface area (Å²) in [5, 5.41) is 19.7. The molecule has 0 spiro atoms. The van der Waals surface area contributed by atoms with Gasteiger partial charge < -0.3 is 10.2 Å². The van der Waals surface area contributed by atoms with Crippen LogP contribution in [-0.4, -0.2) is 28.6 Å². The molecule has 0 aromatic carbocycles. The van der Waals surface area contributed by atoms with Crippen molar-refractivity contribution in [3.8, 4) is 0 Å². The van der Waals surface area contributed by atoms with E-state index in [-0.39, 0.29) is 6.42 Å². The second-order valence-corrected chi connectivity index (χ2v) is 8.26. The molecule has 5 heteroatoms. The Labute approximate surface area is 161 Å². The highest BCUT2D eigenvalue weighted by Gasteiger charge is 2.51. The van der Waals surface area contributed by atoms with Crippen molar-refractivity contribution in [2.45, 2.75) is 84.6 Å². The average molecular weight is 389 g/mol. The maximum Gasteiger partial charge on any atom is 0.394 e. The van der Waals surface area contributed by atoms with Crippen LogP contribution in [-0.2, 0) is 0 Å². The highest BCUT2D eigenvalue weighted by atomic mass is 19.4. The van der Waals surface area contributed by atoms with Crippen LogP contribution in [0.1, 0.15) is 66.2 Å². The van der Waals surface area contributed by atoms with Gasteiger partial charge in [0.25, 0.3) is 0 Å². The van der Waals surface area contributed by atoms with E-state index in [1.165, 1.54) is 24.5 Å². The van der Waals surface area contributed by atoms with Crippen molar-refractivity contribution < 1.29 is 23.4 Å². The molecule has 0 fully saturated rings. The highest BCUT2D eigenvalue weighted by molar-refractivity contribution is 5.11.